The summed E-state index contributed by atoms with van der Waals surface area (Å²) in [5.74, 6) is 0.967. The molecule has 2 aromatic rings. The van der Waals surface area contributed by atoms with Crippen molar-refractivity contribution in [3.8, 4) is 11.4 Å². The molecule has 0 aliphatic rings. The Morgan fingerprint density at radius 3 is 2.73 bits per heavy atom. The summed E-state index contributed by atoms with van der Waals surface area (Å²) in [6.45, 7) is 0.128. The highest BCUT2D eigenvalue weighted by molar-refractivity contribution is 5.53. The Kier molecular flexibility index (Phi) is 2.75. The van der Waals surface area contributed by atoms with Gasteiger partial charge in [0.1, 0.15) is 6.10 Å². The summed E-state index contributed by atoms with van der Waals surface area (Å²) in [5, 5.41) is 16.1. The Labute approximate surface area is 87.0 Å². The van der Waals surface area contributed by atoms with Crippen LogP contribution in [-0.2, 0) is 0 Å². The molecule has 1 atom stereocenters. The van der Waals surface area contributed by atoms with Gasteiger partial charge in [0.05, 0.1) is 0 Å². The van der Waals surface area contributed by atoms with Crippen molar-refractivity contribution in [1.29, 1.82) is 0 Å². The lowest BCUT2D eigenvalue weighted by Gasteiger charge is -2.00. The Morgan fingerprint density at radius 2 is 2.07 bits per heavy atom. The van der Waals surface area contributed by atoms with E-state index in [1.165, 1.54) is 0 Å². The first-order chi connectivity index (χ1) is 7.31. The summed E-state index contributed by atoms with van der Waals surface area (Å²) < 4.78 is 0. The number of aromatic nitrogens is 3. The topological polar surface area (TPSA) is 87.8 Å². The zero-order valence-electron chi connectivity index (χ0n) is 8.09. The van der Waals surface area contributed by atoms with Crippen LogP contribution >= 0.6 is 0 Å². The van der Waals surface area contributed by atoms with Crippen molar-refractivity contribution in [2.45, 2.75) is 6.10 Å². The number of aliphatic hydroxyl groups excluding tert-OH is 1. The number of benzene rings is 1. The van der Waals surface area contributed by atoms with Crippen LogP contribution in [0.15, 0.2) is 30.3 Å². The fourth-order valence-electron chi connectivity index (χ4n) is 1.25. The van der Waals surface area contributed by atoms with Crippen LogP contribution in [0.1, 0.15) is 11.9 Å². The molecule has 0 unspecified atom stereocenters. The second kappa shape index (κ2) is 4.20. The van der Waals surface area contributed by atoms with E-state index in [0.717, 1.165) is 5.56 Å². The number of nitrogens with zero attached hydrogens (tertiary/aromatic N) is 2. The summed E-state index contributed by atoms with van der Waals surface area (Å²) in [7, 11) is 0. The van der Waals surface area contributed by atoms with E-state index in [9.17, 15) is 5.11 Å². The van der Waals surface area contributed by atoms with E-state index < -0.39 is 6.10 Å². The number of rotatable bonds is 3. The number of aliphatic hydroxyl groups is 1. The third kappa shape index (κ3) is 2.03. The SMILES string of the molecule is NC[C@H](O)c1nc(-c2ccccc2)n[nH]1. The third-order valence-electron chi connectivity index (χ3n) is 2.07. The zero-order chi connectivity index (χ0) is 10.7. The Morgan fingerprint density at radius 1 is 1.33 bits per heavy atom. The van der Waals surface area contributed by atoms with E-state index >= 15 is 0 Å². The molecule has 5 heteroatoms. The molecule has 2 rings (SSSR count). The highest BCUT2D eigenvalue weighted by Gasteiger charge is 2.11. The molecule has 0 amide bonds. The normalized spacial score (nSPS) is 12.7. The molecule has 5 nitrogen and oxygen atoms in total. The first-order valence-corrected chi connectivity index (χ1v) is 4.67. The number of H-pyrrole nitrogens is 1. The van der Waals surface area contributed by atoms with Crippen LogP contribution in [0.3, 0.4) is 0 Å². The van der Waals surface area contributed by atoms with Crippen molar-refractivity contribution < 1.29 is 5.11 Å². The van der Waals surface area contributed by atoms with Gasteiger partial charge in [-0.2, -0.15) is 5.10 Å². The smallest absolute Gasteiger partial charge is 0.181 e. The van der Waals surface area contributed by atoms with Gasteiger partial charge >= 0.3 is 0 Å². The second-order valence-corrected chi connectivity index (χ2v) is 3.16. The number of hydrogen-bond donors (Lipinski definition) is 3. The number of aromatic amines is 1. The van der Waals surface area contributed by atoms with Gasteiger partial charge in [0.25, 0.3) is 0 Å². The molecule has 1 aromatic heterocycles. The van der Waals surface area contributed by atoms with Crippen LogP contribution in [0, 0.1) is 0 Å². The Hall–Kier alpha value is -1.72. The van der Waals surface area contributed by atoms with E-state index in [2.05, 4.69) is 15.2 Å². The van der Waals surface area contributed by atoms with Crippen molar-refractivity contribution in [3.63, 3.8) is 0 Å². The lowest BCUT2D eigenvalue weighted by molar-refractivity contribution is 0.177. The summed E-state index contributed by atoms with van der Waals surface area (Å²) in [6, 6.07) is 9.55. The average Bonchev–Trinajstić information content (AvgIpc) is 2.78. The van der Waals surface area contributed by atoms with Crippen molar-refractivity contribution >= 4 is 0 Å². The van der Waals surface area contributed by atoms with E-state index in [-0.39, 0.29) is 6.54 Å². The standard InChI is InChI=1S/C10H12N4O/c11-6-8(15)10-12-9(13-14-10)7-4-2-1-3-5-7/h1-5,8,15H,6,11H2,(H,12,13,14)/t8-/m0/s1. The first kappa shape index (κ1) is 9.82. The van der Waals surface area contributed by atoms with Crippen LogP contribution < -0.4 is 5.73 Å². The zero-order valence-corrected chi connectivity index (χ0v) is 8.09. The van der Waals surface area contributed by atoms with Gasteiger partial charge in [-0.3, -0.25) is 5.10 Å². The van der Waals surface area contributed by atoms with Gasteiger partial charge < -0.3 is 10.8 Å². The molecular weight excluding hydrogens is 192 g/mol. The predicted octanol–water partition coefficient (Wildman–Crippen LogP) is 0.464. The van der Waals surface area contributed by atoms with Crippen LogP contribution in [0.4, 0.5) is 0 Å². The molecule has 0 saturated heterocycles. The molecular formula is C10H12N4O. The Balaban J connectivity index is 2.28. The van der Waals surface area contributed by atoms with Crippen molar-refractivity contribution in [3.05, 3.63) is 36.2 Å². The highest BCUT2D eigenvalue weighted by atomic mass is 16.3. The molecule has 78 valence electrons. The van der Waals surface area contributed by atoms with E-state index in [1.54, 1.807) is 0 Å². The molecule has 0 bridgehead atoms. The lowest BCUT2D eigenvalue weighted by Crippen LogP contribution is -2.12. The minimum Gasteiger partial charge on any atom is -0.384 e. The molecule has 0 radical (unpaired) electrons. The molecule has 1 aromatic carbocycles. The van der Waals surface area contributed by atoms with Gasteiger partial charge in [-0.05, 0) is 0 Å². The molecule has 0 saturated carbocycles. The van der Waals surface area contributed by atoms with Crippen LogP contribution in [0.5, 0.6) is 0 Å². The molecule has 0 aliphatic heterocycles. The average molecular weight is 204 g/mol. The number of hydrogen-bond acceptors (Lipinski definition) is 4. The van der Waals surface area contributed by atoms with Crippen molar-refractivity contribution in [2.75, 3.05) is 6.54 Å². The minimum atomic E-state index is -0.782. The van der Waals surface area contributed by atoms with Crippen molar-refractivity contribution in [2.24, 2.45) is 5.73 Å². The van der Waals surface area contributed by atoms with Crippen molar-refractivity contribution in [1.82, 2.24) is 15.2 Å². The largest absolute Gasteiger partial charge is 0.384 e. The summed E-state index contributed by atoms with van der Waals surface area (Å²) in [6.07, 6.45) is -0.782. The maximum Gasteiger partial charge on any atom is 0.181 e. The second-order valence-electron chi connectivity index (χ2n) is 3.16. The van der Waals surface area contributed by atoms with Gasteiger partial charge in [0, 0.05) is 12.1 Å². The predicted molar refractivity (Wildman–Crippen MR) is 55.8 cm³/mol. The highest BCUT2D eigenvalue weighted by Crippen LogP contribution is 2.15. The van der Waals surface area contributed by atoms with E-state index in [4.69, 9.17) is 5.73 Å². The lowest BCUT2D eigenvalue weighted by atomic mass is 10.2. The van der Waals surface area contributed by atoms with E-state index in [0.29, 0.717) is 11.6 Å². The van der Waals surface area contributed by atoms with Crippen LogP contribution in [0.25, 0.3) is 11.4 Å². The van der Waals surface area contributed by atoms with Gasteiger partial charge in [0.2, 0.25) is 0 Å². The molecule has 4 N–H and O–H groups in total. The molecule has 1 heterocycles. The first-order valence-electron chi connectivity index (χ1n) is 4.67. The quantitative estimate of drug-likeness (QED) is 0.678. The fourth-order valence-corrected chi connectivity index (χ4v) is 1.25. The number of nitrogens with one attached hydrogen (secondary N) is 1. The van der Waals surface area contributed by atoms with E-state index in [1.807, 2.05) is 30.3 Å². The van der Waals surface area contributed by atoms with Crippen LogP contribution in [-0.4, -0.2) is 26.8 Å². The maximum atomic E-state index is 9.43. The molecule has 15 heavy (non-hydrogen) atoms. The monoisotopic (exact) mass is 204 g/mol. The van der Waals surface area contributed by atoms with Gasteiger partial charge in [0.15, 0.2) is 11.6 Å². The fraction of sp³-hybridized carbons (Fsp3) is 0.200. The summed E-state index contributed by atoms with van der Waals surface area (Å²) in [5.41, 5.74) is 6.22. The third-order valence-corrected chi connectivity index (χ3v) is 2.07. The molecule has 0 spiro atoms. The van der Waals surface area contributed by atoms with Crippen LogP contribution in [0.2, 0.25) is 0 Å². The number of nitrogens with two attached hydrogens (primary N) is 1. The van der Waals surface area contributed by atoms with Gasteiger partial charge in [-0.15, -0.1) is 0 Å². The summed E-state index contributed by atoms with van der Waals surface area (Å²) >= 11 is 0. The van der Waals surface area contributed by atoms with Gasteiger partial charge in [-0.25, -0.2) is 4.98 Å². The molecule has 0 aliphatic carbocycles. The molecule has 0 fully saturated rings. The maximum absolute atomic E-state index is 9.43. The van der Waals surface area contributed by atoms with Gasteiger partial charge in [-0.1, -0.05) is 30.3 Å². The summed E-state index contributed by atoms with van der Waals surface area (Å²) in [4.78, 5) is 4.15. The minimum absolute atomic E-state index is 0.128. The Bertz CT molecular complexity index is 426.